The molecule has 1 unspecified atom stereocenters. The van der Waals surface area contributed by atoms with Gasteiger partial charge in [0.1, 0.15) is 0 Å². The van der Waals surface area contributed by atoms with E-state index in [2.05, 4.69) is 22.0 Å². The fourth-order valence-corrected chi connectivity index (χ4v) is 3.92. The van der Waals surface area contributed by atoms with Crippen molar-refractivity contribution in [1.29, 1.82) is 0 Å². The molecule has 2 heterocycles. The number of aromatic amines is 1. The molecule has 1 atom stereocenters. The van der Waals surface area contributed by atoms with Gasteiger partial charge in [-0.25, -0.2) is 0 Å². The highest BCUT2D eigenvalue weighted by Crippen LogP contribution is 2.30. The number of nitrogens with one attached hydrogen (secondary N) is 1. The van der Waals surface area contributed by atoms with Crippen molar-refractivity contribution >= 4 is 34.1 Å². The van der Waals surface area contributed by atoms with Crippen LogP contribution in [0.5, 0.6) is 0 Å². The molecule has 124 valence electrons. The molecule has 0 fully saturated rings. The van der Waals surface area contributed by atoms with E-state index in [1.54, 1.807) is 0 Å². The van der Waals surface area contributed by atoms with E-state index in [4.69, 9.17) is 28.9 Å². The zero-order valence-electron chi connectivity index (χ0n) is 13.2. The van der Waals surface area contributed by atoms with Gasteiger partial charge in [-0.15, -0.1) is 0 Å². The third-order valence-corrected chi connectivity index (χ3v) is 5.22. The predicted octanol–water partition coefficient (Wildman–Crippen LogP) is 4.53. The van der Waals surface area contributed by atoms with Gasteiger partial charge in [0, 0.05) is 52.3 Å². The van der Waals surface area contributed by atoms with Crippen molar-refractivity contribution in [2.75, 3.05) is 13.1 Å². The van der Waals surface area contributed by atoms with Gasteiger partial charge in [-0.2, -0.15) is 0 Å². The van der Waals surface area contributed by atoms with Crippen LogP contribution < -0.4 is 5.73 Å². The van der Waals surface area contributed by atoms with Crippen molar-refractivity contribution < 1.29 is 0 Å². The van der Waals surface area contributed by atoms with Gasteiger partial charge in [-0.3, -0.25) is 4.90 Å². The van der Waals surface area contributed by atoms with E-state index >= 15 is 0 Å². The van der Waals surface area contributed by atoms with Gasteiger partial charge < -0.3 is 10.7 Å². The van der Waals surface area contributed by atoms with E-state index in [9.17, 15) is 0 Å². The van der Waals surface area contributed by atoms with Crippen molar-refractivity contribution in [2.45, 2.75) is 19.0 Å². The number of nitrogens with zero attached hydrogens (tertiary/aromatic N) is 1. The van der Waals surface area contributed by atoms with E-state index in [1.165, 1.54) is 16.6 Å². The van der Waals surface area contributed by atoms with Gasteiger partial charge in [-0.1, -0.05) is 35.3 Å². The first kappa shape index (κ1) is 16.0. The number of rotatable bonds is 3. The number of hydrogen-bond acceptors (Lipinski definition) is 2. The van der Waals surface area contributed by atoms with Gasteiger partial charge in [-0.05, 0) is 47.9 Å². The molecule has 3 aromatic rings. The van der Waals surface area contributed by atoms with Gasteiger partial charge in [0.2, 0.25) is 0 Å². The molecule has 0 bridgehead atoms. The standard InChI is InChI=1S/C19H19Cl2N3/c20-13-3-1-2-12(8-13)17(22)10-24-7-6-15-16-9-14(21)4-5-18(16)23-19(15)11-24/h1-5,8-9,17,23H,6-7,10-11,22H2. The van der Waals surface area contributed by atoms with E-state index in [1.807, 2.05) is 30.3 Å². The summed E-state index contributed by atoms with van der Waals surface area (Å²) in [5.41, 5.74) is 11.3. The van der Waals surface area contributed by atoms with Crippen LogP contribution in [0, 0.1) is 0 Å². The molecule has 2 aromatic carbocycles. The Hall–Kier alpha value is -1.52. The molecule has 1 aromatic heterocycles. The van der Waals surface area contributed by atoms with Crippen molar-refractivity contribution in [3.05, 3.63) is 69.3 Å². The van der Waals surface area contributed by atoms with Crippen LogP contribution >= 0.6 is 23.2 Å². The minimum atomic E-state index is -0.0379. The Morgan fingerprint density at radius 1 is 1.12 bits per heavy atom. The number of nitrogens with two attached hydrogens (primary N) is 1. The summed E-state index contributed by atoms with van der Waals surface area (Å²) in [5, 5.41) is 2.77. The summed E-state index contributed by atoms with van der Waals surface area (Å²) in [6, 6.07) is 13.8. The summed E-state index contributed by atoms with van der Waals surface area (Å²) >= 11 is 12.2. The highest BCUT2D eigenvalue weighted by Gasteiger charge is 2.22. The predicted molar refractivity (Wildman–Crippen MR) is 101 cm³/mol. The van der Waals surface area contributed by atoms with Crippen LogP contribution in [0.1, 0.15) is 22.9 Å². The number of benzene rings is 2. The average Bonchev–Trinajstić information content (AvgIpc) is 2.92. The minimum Gasteiger partial charge on any atom is -0.357 e. The van der Waals surface area contributed by atoms with Crippen LogP contribution in [0.2, 0.25) is 10.0 Å². The molecule has 4 rings (SSSR count). The molecule has 0 saturated heterocycles. The minimum absolute atomic E-state index is 0.0379. The second-order valence-corrected chi connectivity index (χ2v) is 7.29. The molecule has 0 amide bonds. The van der Waals surface area contributed by atoms with Crippen LogP contribution in [-0.4, -0.2) is 23.0 Å². The van der Waals surface area contributed by atoms with E-state index in [0.29, 0.717) is 0 Å². The van der Waals surface area contributed by atoms with Gasteiger partial charge in [0.15, 0.2) is 0 Å². The fourth-order valence-electron chi connectivity index (χ4n) is 3.55. The van der Waals surface area contributed by atoms with Crippen LogP contribution in [-0.2, 0) is 13.0 Å². The first-order chi connectivity index (χ1) is 11.6. The summed E-state index contributed by atoms with van der Waals surface area (Å²) in [6.07, 6.45) is 1.01. The highest BCUT2D eigenvalue weighted by atomic mass is 35.5. The number of halogens is 2. The van der Waals surface area contributed by atoms with E-state index in [-0.39, 0.29) is 6.04 Å². The summed E-state index contributed by atoms with van der Waals surface area (Å²) in [6.45, 7) is 2.70. The molecular formula is C19H19Cl2N3. The Bertz CT molecular complexity index is 887. The molecule has 24 heavy (non-hydrogen) atoms. The second-order valence-electron chi connectivity index (χ2n) is 6.42. The van der Waals surface area contributed by atoms with Crippen LogP contribution in [0.4, 0.5) is 0 Å². The Morgan fingerprint density at radius 3 is 2.79 bits per heavy atom. The van der Waals surface area contributed by atoms with E-state index < -0.39 is 0 Å². The van der Waals surface area contributed by atoms with Crippen LogP contribution in [0.25, 0.3) is 10.9 Å². The molecular weight excluding hydrogens is 341 g/mol. The Balaban J connectivity index is 1.53. The normalized spacial score (nSPS) is 16.3. The zero-order chi connectivity index (χ0) is 16.7. The van der Waals surface area contributed by atoms with Crippen LogP contribution in [0.3, 0.4) is 0 Å². The Labute approximate surface area is 151 Å². The van der Waals surface area contributed by atoms with Crippen molar-refractivity contribution in [2.24, 2.45) is 5.73 Å². The lowest BCUT2D eigenvalue weighted by Crippen LogP contribution is -2.36. The Kier molecular flexibility index (Phi) is 4.27. The lowest BCUT2D eigenvalue weighted by molar-refractivity contribution is 0.237. The maximum absolute atomic E-state index is 6.38. The first-order valence-corrected chi connectivity index (χ1v) is 8.88. The summed E-state index contributed by atoms with van der Waals surface area (Å²) < 4.78 is 0. The smallest absolute Gasteiger partial charge is 0.0460 e. The summed E-state index contributed by atoms with van der Waals surface area (Å²) in [5.74, 6) is 0. The van der Waals surface area contributed by atoms with Crippen LogP contribution in [0.15, 0.2) is 42.5 Å². The largest absolute Gasteiger partial charge is 0.357 e. The van der Waals surface area contributed by atoms with Crippen molar-refractivity contribution in [3.63, 3.8) is 0 Å². The lowest BCUT2D eigenvalue weighted by atomic mass is 10.0. The molecule has 1 aliphatic heterocycles. The molecule has 0 spiro atoms. The lowest BCUT2D eigenvalue weighted by Gasteiger charge is -2.29. The molecule has 1 aliphatic rings. The van der Waals surface area contributed by atoms with Gasteiger partial charge in [0.05, 0.1) is 0 Å². The monoisotopic (exact) mass is 359 g/mol. The summed E-state index contributed by atoms with van der Waals surface area (Å²) in [4.78, 5) is 5.93. The third kappa shape index (κ3) is 3.05. The van der Waals surface area contributed by atoms with Gasteiger partial charge >= 0.3 is 0 Å². The first-order valence-electron chi connectivity index (χ1n) is 8.12. The highest BCUT2D eigenvalue weighted by molar-refractivity contribution is 6.31. The third-order valence-electron chi connectivity index (χ3n) is 4.75. The molecule has 3 N–H and O–H groups in total. The van der Waals surface area contributed by atoms with Crippen molar-refractivity contribution in [3.8, 4) is 0 Å². The molecule has 0 saturated carbocycles. The number of H-pyrrole nitrogens is 1. The fraction of sp³-hybridized carbons (Fsp3) is 0.263. The Morgan fingerprint density at radius 2 is 1.96 bits per heavy atom. The number of aromatic nitrogens is 1. The van der Waals surface area contributed by atoms with Crippen molar-refractivity contribution in [1.82, 2.24) is 9.88 Å². The quantitative estimate of drug-likeness (QED) is 0.721. The molecule has 5 heteroatoms. The topological polar surface area (TPSA) is 45.0 Å². The number of fused-ring (bicyclic) bond motifs is 3. The zero-order valence-corrected chi connectivity index (χ0v) is 14.7. The second kappa shape index (κ2) is 6.41. The molecule has 0 aliphatic carbocycles. The average molecular weight is 360 g/mol. The number of hydrogen-bond donors (Lipinski definition) is 2. The van der Waals surface area contributed by atoms with E-state index in [0.717, 1.165) is 47.2 Å². The molecule has 3 nitrogen and oxygen atoms in total. The maximum Gasteiger partial charge on any atom is 0.0460 e. The molecule has 0 radical (unpaired) electrons. The summed E-state index contributed by atoms with van der Waals surface area (Å²) in [7, 11) is 0. The van der Waals surface area contributed by atoms with Gasteiger partial charge in [0.25, 0.3) is 0 Å². The maximum atomic E-state index is 6.38. The SMILES string of the molecule is NC(CN1CCc2c([nH]c3ccc(Cl)cc23)C1)c1cccc(Cl)c1.